The van der Waals surface area contributed by atoms with Gasteiger partial charge in [0, 0.05) is 30.9 Å². The van der Waals surface area contributed by atoms with Crippen LogP contribution in [0.3, 0.4) is 0 Å². The van der Waals surface area contributed by atoms with Gasteiger partial charge in [0.2, 0.25) is 0 Å². The zero-order valence-corrected chi connectivity index (χ0v) is 36.8. The van der Waals surface area contributed by atoms with E-state index in [1.54, 1.807) is 0 Å². The smallest absolute Gasteiger partial charge is 0.306 e. The van der Waals surface area contributed by atoms with E-state index in [0.29, 0.717) is 26.1 Å². The molecule has 0 fully saturated rings. The van der Waals surface area contributed by atoms with E-state index in [2.05, 4.69) is 80.4 Å². The second kappa shape index (κ2) is 39.8. The average Bonchev–Trinajstić information content (AvgIpc) is 3.10. The molecule has 0 N–H and O–H groups in total. The third-order valence-electron chi connectivity index (χ3n) is 9.67. The van der Waals surface area contributed by atoms with E-state index in [9.17, 15) is 9.59 Å². The van der Waals surface area contributed by atoms with Crippen molar-refractivity contribution in [2.24, 2.45) is 17.8 Å². The van der Waals surface area contributed by atoms with Gasteiger partial charge in [-0.1, -0.05) is 163 Å². The number of esters is 2. The van der Waals surface area contributed by atoms with Crippen molar-refractivity contribution in [2.75, 3.05) is 45.4 Å². The number of hydrogen-bond acceptors (Lipinski definition) is 7. The second-order valence-electron chi connectivity index (χ2n) is 15.8. The Morgan fingerprint density at radius 1 is 0.558 bits per heavy atom. The first-order chi connectivity index (χ1) is 25.3. The van der Waals surface area contributed by atoms with Gasteiger partial charge in [0.1, 0.15) is 13.2 Å². The molecule has 2 atom stereocenters. The second-order valence-corrected chi connectivity index (χ2v) is 18.3. The van der Waals surface area contributed by atoms with E-state index in [1.807, 2.05) is 12.2 Å². The summed E-state index contributed by atoms with van der Waals surface area (Å²) in [5, 5.41) is 0. The lowest BCUT2D eigenvalue weighted by Gasteiger charge is -2.21. The van der Waals surface area contributed by atoms with Gasteiger partial charge in [-0.15, -0.1) is 0 Å². The molecule has 0 saturated heterocycles. The zero-order chi connectivity index (χ0) is 38.3. The molecule has 0 aromatic heterocycles. The predicted molar refractivity (Wildman–Crippen MR) is 232 cm³/mol. The molecule has 0 spiro atoms. The van der Waals surface area contributed by atoms with Crippen molar-refractivity contribution in [3.8, 4) is 0 Å². The van der Waals surface area contributed by atoms with E-state index < -0.39 is 0 Å². The maximum atomic E-state index is 12.1. The topological polar surface area (TPSA) is 55.8 Å². The van der Waals surface area contributed by atoms with Crippen LogP contribution < -0.4 is 0 Å². The van der Waals surface area contributed by atoms with Crippen LogP contribution in [-0.4, -0.2) is 62.2 Å². The first-order valence-electron chi connectivity index (χ1n) is 21.8. The van der Waals surface area contributed by atoms with Crippen LogP contribution in [0.2, 0.25) is 0 Å². The fourth-order valence-electron chi connectivity index (χ4n) is 6.71. The molecule has 306 valence electrons. The summed E-state index contributed by atoms with van der Waals surface area (Å²) in [5.41, 5.74) is 0. The van der Waals surface area contributed by atoms with Crippen LogP contribution in [-0.2, 0) is 19.1 Å². The summed E-state index contributed by atoms with van der Waals surface area (Å²) in [6.07, 6.45) is 37.3. The zero-order valence-electron chi connectivity index (χ0n) is 35.2. The molecule has 0 heterocycles. The third kappa shape index (κ3) is 38.8. The van der Waals surface area contributed by atoms with Crippen LogP contribution in [0.5, 0.6) is 0 Å². The van der Waals surface area contributed by atoms with Crippen molar-refractivity contribution in [3.05, 3.63) is 24.3 Å². The van der Waals surface area contributed by atoms with Gasteiger partial charge in [-0.05, 0) is 89.6 Å². The van der Waals surface area contributed by atoms with Gasteiger partial charge in [0.05, 0.1) is 0 Å². The Kier molecular flexibility index (Phi) is 39.1. The van der Waals surface area contributed by atoms with Crippen LogP contribution in [0.15, 0.2) is 24.3 Å². The minimum absolute atomic E-state index is 0.0529. The molecular weight excluding hydrogens is 683 g/mol. The molecule has 52 heavy (non-hydrogen) atoms. The van der Waals surface area contributed by atoms with Crippen LogP contribution >= 0.6 is 21.6 Å². The Hall–Kier alpha value is -0.920. The number of carbonyl (C=O) groups is 2. The minimum atomic E-state index is -0.0529. The molecule has 0 aliphatic rings. The van der Waals surface area contributed by atoms with Gasteiger partial charge in [-0.2, -0.15) is 0 Å². The van der Waals surface area contributed by atoms with Crippen molar-refractivity contribution in [3.63, 3.8) is 0 Å². The van der Waals surface area contributed by atoms with Crippen molar-refractivity contribution in [1.29, 1.82) is 0 Å². The van der Waals surface area contributed by atoms with Gasteiger partial charge < -0.3 is 14.4 Å². The maximum absolute atomic E-state index is 12.1. The standard InChI is InChI=1S/C45H85NO4S2/c1-7-9-11-13-15-23-29-35-49-44(47)33-27-21-17-19-25-31-43(40-52-51-39-42(4)37-41(3)38-46(5)6)32-26-20-18-22-28-34-45(48)50-36-30-24-16-14-12-10-8-2/h23-24,29-30,41-43H,7-22,25-28,31-40H2,1-6H3/b29-23-,30-24-. The van der Waals surface area contributed by atoms with Gasteiger partial charge in [0.25, 0.3) is 0 Å². The summed E-state index contributed by atoms with van der Waals surface area (Å²) >= 11 is 0. The number of rotatable bonds is 39. The summed E-state index contributed by atoms with van der Waals surface area (Å²) in [7, 11) is 8.54. The minimum Gasteiger partial charge on any atom is -0.461 e. The summed E-state index contributed by atoms with van der Waals surface area (Å²) < 4.78 is 10.8. The monoisotopic (exact) mass is 768 g/mol. The highest BCUT2D eigenvalue weighted by Gasteiger charge is 2.13. The Morgan fingerprint density at radius 2 is 1.00 bits per heavy atom. The Bertz CT molecular complexity index is 797. The largest absolute Gasteiger partial charge is 0.461 e. The quantitative estimate of drug-likeness (QED) is 0.0267. The molecule has 0 bridgehead atoms. The molecule has 0 aliphatic heterocycles. The molecule has 2 unspecified atom stereocenters. The number of carbonyl (C=O) groups excluding carboxylic acids is 2. The Labute approximate surface area is 331 Å². The molecule has 7 heteroatoms. The molecular formula is C45H85NO4S2. The molecule has 5 nitrogen and oxygen atoms in total. The third-order valence-corrected chi connectivity index (χ3v) is 12.5. The number of nitrogens with zero attached hydrogens (tertiary/aromatic N) is 1. The van der Waals surface area contributed by atoms with E-state index in [4.69, 9.17) is 9.47 Å². The molecule has 0 aliphatic carbocycles. The summed E-state index contributed by atoms with van der Waals surface area (Å²) in [5.74, 6) is 4.68. The normalized spacial score (nSPS) is 13.2. The maximum Gasteiger partial charge on any atom is 0.306 e. The number of allylic oxidation sites excluding steroid dienone is 2. The summed E-state index contributed by atoms with van der Waals surface area (Å²) in [6.45, 7) is 11.3. The van der Waals surface area contributed by atoms with Gasteiger partial charge in [0.15, 0.2) is 0 Å². The van der Waals surface area contributed by atoms with Gasteiger partial charge >= 0.3 is 11.9 Å². The fourth-order valence-corrected chi connectivity index (χ4v) is 9.65. The summed E-state index contributed by atoms with van der Waals surface area (Å²) in [6, 6.07) is 0. The van der Waals surface area contributed by atoms with Crippen LogP contribution in [0.4, 0.5) is 0 Å². The van der Waals surface area contributed by atoms with Gasteiger partial charge in [-0.3, -0.25) is 9.59 Å². The van der Waals surface area contributed by atoms with E-state index in [0.717, 1.165) is 56.3 Å². The molecule has 0 amide bonds. The lowest BCUT2D eigenvalue weighted by Crippen LogP contribution is -2.21. The van der Waals surface area contributed by atoms with Gasteiger partial charge in [-0.25, -0.2) is 0 Å². The molecule has 0 aromatic rings. The Morgan fingerprint density at radius 3 is 1.48 bits per heavy atom. The molecule has 0 aromatic carbocycles. The Balaban J connectivity index is 4.26. The average molecular weight is 768 g/mol. The fraction of sp³-hybridized carbons (Fsp3) is 0.867. The van der Waals surface area contributed by atoms with Crippen molar-refractivity contribution < 1.29 is 19.1 Å². The van der Waals surface area contributed by atoms with Crippen molar-refractivity contribution >= 4 is 33.5 Å². The highest BCUT2D eigenvalue weighted by Crippen LogP contribution is 2.32. The first kappa shape index (κ1) is 51.1. The van der Waals surface area contributed by atoms with Crippen molar-refractivity contribution in [2.45, 2.75) is 188 Å². The van der Waals surface area contributed by atoms with Crippen LogP contribution in [0, 0.1) is 17.8 Å². The SMILES string of the molecule is CCCCCC/C=C\COC(=O)CCCCCCCC(CCCCCCCC(=O)OC/C=C\CCCCCC)CSSCC(C)CC(C)CN(C)C. The van der Waals surface area contributed by atoms with Crippen LogP contribution in [0.1, 0.15) is 188 Å². The lowest BCUT2D eigenvalue weighted by molar-refractivity contribution is -0.143. The number of ether oxygens (including phenoxy) is 2. The molecule has 0 saturated carbocycles. The lowest BCUT2D eigenvalue weighted by atomic mass is 9.95. The highest BCUT2D eigenvalue weighted by molar-refractivity contribution is 8.76. The van der Waals surface area contributed by atoms with E-state index >= 15 is 0 Å². The predicted octanol–water partition coefficient (Wildman–Crippen LogP) is 13.8. The van der Waals surface area contributed by atoms with Crippen LogP contribution in [0.25, 0.3) is 0 Å². The summed E-state index contributed by atoms with van der Waals surface area (Å²) in [4.78, 5) is 26.5. The van der Waals surface area contributed by atoms with E-state index in [1.165, 1.54) is 127 Å². The first-order valence-corrected chi connectivity index (χ1v) is 24.3. The highest BCUT2D eigenvalue weighted by atomic mass is 33.1. The molecule has 0 radical (unpaired) electrons. The number of unbranched alkanes of at least 4 members (excludes halogenated alkanes) is 16. The van der Waals surface area contributed by atoms with Crippen molar-refractivity contribution in [1.82, 2.24) is 4.90 Å². The number of hydrogen-bond donors (Lipinski definition) is 0. The molecule has 0 rings (SSSR count). The van der Waals surface area contributed by atoms with E-state index in [-0.39, 0.29) is 11.9 Å².